The summed E-state index contributed by atoms with van der Waals surface area (Å²) in [5.74, 6) is -0.522. The van der Waals surface area contributed by atoms with Gasteiger partial charge in [-0.1, -0.05) is 60.7 Å². The van der Waals surface area contributed by atoms with Crippen LogP contribution in [0.2, 0.25) is 0 Å². The lowest BCUT2D eigenvalue weighted by molar-refractivity contribution is -0.129. The molecule has 0 aromatic heterocycles. The third-order valence-corrected chi connectivity index (χ3v) is 4.97. The fraction of sp³-hybridized carbons (Fsp3) is 0.200. The van der Waals surface area contributed by atoms with E-state index in [1.54, 1.807) is 23.9 Å². The molecule has 0 saturated carbocycles. The van der Waals surface area contributed by atoms with E-state index < -0.39 is 5.92 Å². The SMILES string of the molecule is CN1C(=O)C2C(=C1c1ccccc1)C(=O)N(C)C2c1ccccc1. The molecule has 1 saturated heterocycles. The predicted octanol–water partition coefficient (Wildman–Crippen LogP) is 2.70. The molecule has 2 amide bonds. The number of amides is 2. The van der Waals surface area contributed by atoms with Crippen molar-refractivity contribution in [1.82, 2.24) is 9.80 Å². The predicted molar refractivity (Wildman–Crippen MR) is 91.6 cm³/mol. The smallest absolute Gasteiger partial charge is 0.253 e. The highest BCUT2D eigenvalue weighted by Crippen LogP contribution is 2.49. The van der Waals surface area contributed by atoms with Crippen LogP contribution in [0.15, 0.2) is 66.2 Å². The zero-order chi connectivity index (χ0) is 16.8. The van der Waals surface area contributed by atoms with Gasteiger partial charge in [-0.15, -0.1) is 0 Å². The number of likely N-dealkylation sites (N-methyl/N-ethyl adjacent to an activating group) is 1. The van der Waals surface area contributed by atoms with Gasteiger partial charge in [-0.2, -0.15) is 0 Å². The van der Waals surface area contributed by atoms with Crippen molar-refractivity contribution in [2.45, 2.75) is 6.04 Å². The zero-order valence-corrected chi connectivity index (χ0v) is 13.6. The van der Waals surface area contributed by atoms with Crippen LogP contribution in [0.1, 0.15) is 17.2 Å². The molecule has 2 aromatic carbocycles. The van der Waals surface area contributed by atoms with E-state index in [0.717, 1.165) is 16.8 Å². The van der Waals surface area contributed by atoms with Gasteiger partial charge in [-0.05, 0) is 11.1 Å². The van der Waals surface area contributed by atoms with E-state index in [2.05, 4.69) is 0 Å². The monoisotopic (exact) mass is 318 g/mol. The Bertz CT molecular complexity index is 842. The van der Waals surface area contributed by atoms with Crippen LogP contribution in [0.5, 0.6) is 0 Å². The summed E-state index contributed by atoms with van der Waals surface area (Å²) in [6, 6.07) is 19.2. The van der Waals surface area contributed by atoms with Crippen molar-refractivity contribution in [2.75, 3.05) is 14.1 Å². The summed E-state index contributed by atoms with van der Waals surface area (Å²) in [6.45, 7) is 0. The summed E-state index contributed by atoms with van der Waals surface area (Å²) in [4.78, 5) is 29.2. The number of nitrogens with zero attached hydrogens (tertiary/aromatic N) is 2. The summed E-state index contributed by atoms with van der Waals surface area (Å²) in [5.41, 5.74) is 3.25. The van der Waals surface area contributed by atoms with Crippen LogP contribution in [-0.4, -0.2) is 35.7 Å². The zero-order valence-electron chi connectivity index (χ0n) is 13.6. The molecular formula is C20H18N2O2. The molecule has 1 fully saturated rings. The van der Waals surface area contributed by atoms with Crippen molar-refractivity contribution in [3.05, 3.63) is 77.4 Å². The molecule has 120 valence electrons. The fourth-order valence-electron chi connectivity index (χ4n) is 3.85. The minimum Gasteiger partial charge on any atom is -0.334 e. The van der Waals surface area contributed by atoms with E-state index in [1.165, 1.54) is 0 Å². The second-order valence-electron chi connectivity index (χ2n) is 6.27. The molecule has 4 rings (SSSR count). The van der Waals surface area contributed by atoms with Crippen molar-refractivity contribution in [1.29, 1.82) is 0 Å². The summed E-state index contributed by atoms with van der Waals surface area (Å²) < 4.78 is 0. The molecule has 4 nitrogen and oxygen atoms in total. The number of likely N-dealkylation sites (tertiary alicyclic amines) is 1. The Hall–Kier alpha value is -2.88. The average Bonchev–Trinajstić information content (AvgIpc) is 3.02. The Morgan fingerprint density at radius 1 is 0.833 bits per heavy atom. The first-order valence-corrected chi connectivity index (χ1v) is 8.00. The van der Waals surface area contributed by atoms with E-state index in [9.17, 15) is 9.59 Å². The molecule has 0 bridgehead atoms. The molecule has 2 unspecified atom stereocenters. The van der Waals surface area contributed by atoms with E-state index in [0.29, 0.717) is 5.57 Å². The molecule has 0 aliphatic carbocycles. The van der Waals surface area contributed by atoms with Crippen LogP contribution < -0.4 is 0 Å². The normalized spacial score (nSPS) is 23.2. The number of hydrogen-bond donors (Lipinski definition) is 0. The van der Waals surface area contributed by atoms with Crippen molar-refractivity contribution in [3.63, 3.8) is 0 Å². The highest BCUT2D eigenvalue weighted by atomic mass is 16.2. The highest BCUT2D eigenvalue weighted by molar-refractivity contribution is 6.15. The van der Waals surface area contributed by atoms with Crippen molar-refractivity contribution >= 4 is 17.5 Å². The highest BCUT2D eigenvalue weighted by Gasteiger charge is 2.54. The van der Waals surface area contributed by atoms with Gasteiger partial charge in [-0.25, -0.2) is 0 Å². The maximum absolute atomic E-state index is 13.0. The van der Waals surface area contributed by atoms with Gasteiger partial charge in [0.15, 0.2) is 0 Å². The quantitative estimate of drug-likeness (QED) is 0.854. The van der Waals surface area contributed by atoms with Gasteiger partial charge < -0.3 is 9.80 Å². The van der Waals surface area contributed by atoms with Gasteiger partial charge in [0.05, 0.1) is 23.2 Å². The molecule has 2 atom stereocenters. The molecule has 0 radical (unpaired) electrons. The number of fused-ring (bicyclic) bond motifs is 1. The van der Waals surface area contributed by atoms with Gasteiger partial charge in [0.25, 0.3) is 5.91 Å². The maximum Gasteiger partial charge on any atom is 0.253 e. The van der Waals surface area contributed by atoms with Crippen LogP contribution >= 0.6 is 0 Å². The first kappa shape index (κ1) is 14.7. The van der Waals surface area contributed by atoms with Gasteiger partial charge >= 0.3 is 0 Å². The third kappa shape index (κ3) is 1.92. The summed E-state index contributed by atoms with van der Waals surface area (Å²) in [7, 11) is 3.53. The second-order valence-corrected chi connectivity index (χ2v) is 6.27. The third-order valence-electron chi connectivity index (χ3n) is 4.97. The molecule has 2 aliphatic rings. The van der Waals surface area contributed by atoms with Crippen molar-refractivity contribution in [3.8, 4) is 0 Å². The molecule has 2 heterocycles. The van der Waals surface area contributed by atoms with E-state index >= 15 is 0 Å². The van der Waals surface area contributed by atoms with Gasteiger partial charge in [0.2, 0.25) is 5.91 Å². The fourth-order valence-corrected chi connectivity index (χ4v) is 3.85. The number of carbonyl (C=O) groups excluding carboxylic acids is 2. The second kappa shape index (κ2) is 5.34. The number of carbonyl (C=O) groups is 2. The lowest BCUT2D eigenvalue weighted by Crippen LogP contribution is -2.32. The van der Waals surface area contributed by atoms with Crippen LogP contribution in [0.3, 0.4) is 0 Å². The Kier molecular flexibility index (Phi) is 3.27. The topological polar surface area (TPSA) is 40.6 Å². The van der Waals surface area contributed by atoms with Crippen molar-refractivity contribution in [2.24, 2.45) is 5.92 Å². The Labute approximate surface area is 141 Å². The van der Waals surface area contributed by atoms with E-state index in [4.69, 9.17) is 0 Å². The minimum absolute atomic E-state index is 0.0181. The number of benzene rings is 2. The average molecular weight is 318 g/mol. The molecule has 2 aromatic rings. The molecule has 4 heteroatoms. The molecule has 0 N–H and O–H groups in total. The summed E-state index contributed by atoms with van der Waals surface area (Å²) >= 11 is 0. The summed E-state index contributed by atoms with van der Waals surface area (Å²) in [6.07, 6.45) is 0. The maximum atomic E-state index is 13.0. The number of hydrogen-bond acceptors (Lipinski definition) is 2. The van der Waals surface area contributed by atoms with Crippen LogP contribution in [0.4, 0.5) is 0 Å². The molecular weight excluding hydrogens is 300 g/mol. The lowest BCUT2D eigenvalue weighted by Gasteiger charge is -2.25. The summed E-state index contributed by atoms with van der Waals surface area (Å²) in [5, 5.41) is 0. The Balaban J connectivity index is 1.90. The van der Waals surface area contributed by atoms with Crippen LogP contribution in [-0.2, 0) is 9.59 Å². The standard InChI is InChI=1S/C20H18N2O2/c1-21-17(13-9-5-3-6-10-13)15-16(19(21)23)18(22(2)20(15)24)14-11-7-4-8-12-14/h3-12,15,17H,1-2H3. The van der Waals surface area contributed by atoms with E-state index in [-0.39, 0.29) is 17.9 Å². The first-order valence-electron chi connectivity index (χ1n) is 8.00. The van der Waals surface area contributed by atoms with Gasteiger partial charge in [0.1, 0.15) is 0 Å². The largest absolute Gasteiger partial charge is 0.334 e. The van der Waals surface area contributed by atoms with Crippen molar-refractivity contribution < 1.29 is 9.59 Å². The van der Waals surface area contributed by atoms with Crippen LogP contribution in [0.25, 0.3) is 5.70 Å². The van der Waals surface area contributed by atoms with E-state index in [1.807, 2.05) is 60.7 Å². The molecule has 24 heavy (non-hydrogen) atoms. The first-order chi connectivity index (χ1) is 11.6. The van der Waals surface area contributed by atoms with Crippen LogP contribution in [0, 0.1) is 5.92 Å². The van der Waals surface area contributed by atoms with Gasteiger partial charge in [0, 0.05) is 14.1 Å². The Morgan fingerprint density at radius 3 is 2.04 bits per heavy atom. The van der Waals surface area contributed by atoms with Gasteiger partial charge in [-0.3, -0.25) is 9.59 Å². The lowest BCUT2D eigenvalue weighted by atomic mass is 9.91. The minimum atomic E-state index is -0.440. The Morgan fingerprint density at radius 2 is 1.42 bits per heavy atom. The molecule has 0 spiro atoms. The number of rotatable bonds is 2. The molecule has 2 aliphatic heterocycles.